The Balaban J connectivity index is 3.24. The molecule has 0 atom stereocenters. The van der Waals surface area contributed by atoms with Crippen molar-refractivity contribution in [3.63, 3.8) is 0 Å². The van der Waals surface area contributed by atoms with Crippen molar-refractivity contribution in [1.82, 2.24) is 0 Å². The minimum Gasteiger partial charge on any atom is -0.496 e. The van der Waals surface area contributed by atoms with E-state index in [1.165, 1.54) is 11.1 Å². The Morgan fingerprint density at radius 2 is 2.08 bits per heavy atom. The number of ether oxygens (including phenoxy) is 1. The van der Waals surface area contributed by atoms with Gasteiger partial charge in [0.2, 0.25) is 0 Å². The average molecular weight is 229 g/mol. The number of aryl methyl sites for hydroxylation is 2. The van der Waals surface area contributed by atoms with Gasteiger partial charge in [0.05, 0.1) is 7.11 Å². The van der Waals surface area contributed by atoms with Crippen LogP contribution in [0.3, 0.4) is 0 Å². The third-order valence-electron chi connectivity index (χ3n) is 1.90. The van der Waals surface area contributed by atoms with Gasteiger partial charge in [0.1, 0.15) is 5.75 Å². The molecular weight excluding hydrogens is 216 g/mol. The van der Waals surface area contributed by atoms with Crippen molar-refractivity contribution < 1.29 is 4.74 Å². The van der Waals surface area contributed by atoms with E-state index in [0.717, 1.165) is 16.6 Å². The number of rotatable bonds is 2. The highest BCUT2D eigenvalue weighted by Gasteiger charge is 2.05. The van der Waals surface area contributed by atoms with Crippen LogP contribution < -0.4 is 4.74 Å². The van der Waals surface area contributed by atoms with Crippen molar-refractivity contribution in [1.29, 1.82) is 0 Å². The van der Waals surface area contributed by atoms with E-state index in [-0.39, 0.29) is 0 Å². The molecular formula is C10H13BrO. The smallest absolute Gasteiger partial charge is 0.125 e. The van der Waals surface area contributed by atoms with Crippen molar-refractivity contribution >= 4 is 15.9 Å². The third kappa shape index (κ3) is 1.81. The quantitative estimate of drug-likeness (QED) is 0.755. The Labute approximate surface area is 81.9 Å². The van der Waals surface area contributed by atoms with Crippen LogP contribution in [0.1, 0.15) is 18.1 Å². The van der Waals surface area contributed by atoms with E-state index in [2.05, 4.69) is 41.9 Å². The van der Waals surface area contributed by atoms with Crippen molar-refractivity contribution in [3.8, 4) is 5.75 Å². The molecule has 0 N–H and O–H groups in total. The molecule has 12 heavy (non-hydrogen) atoms. The molecule has 1 aromatic carbocycles. The van der Waals surface area contributed by atoms with Crippen LogP contribution in [-0.4, -0.2) is 7.11 Å². The van der Waals surface area contributed by atoms with Gasteiger partial charge in [-0.05, 0) is 36.6 Å². The zero-order valence-electron chi connectivity index (χ0n) is 7.65. The van der Waals surface area contributed by atoms with Crippen LogP contribution in [0.15, 0.2) is 16.6 Å². The predicted molar refractivity (Wildman–Crippen MR) is 54.8 cm³/mol. The fourth-order valence-electron chi connectivity index (χ4n) is 1.35. The molecule has 0 saturated carbocycles. The van der Waals surface area contributed by atoms with Crippen LogP contribution in [0.2, 0.25) is 0 Å². The van der Waals surface area contributed by atoms with Gasteiger partial charge in [-0.3, -0.25) is 0 Å². The van der Waals surface area contributed by atoms with Gasteiger partial charge in [-0.15, -0.1) is 0 Å². The van der Waals surface area contributed by atoms with E-state index in [4.69, 9.17) is 4.74 Å². The summed E-state index contributed by atoms with van der Waals surface area (Å²) in [4.78, 5) is 0. The third-order valence-corrected chi connectivity index (χ3v) is 2.36. The lowest BCUT2D eigenvalue weighted by molar-refractivity contribution is 0.407. The van der Waals surface area contributed by atoms with E-state index in [9.17, 15) is 0 Å². The molecule has 1 nitrogen and oxygen atoms in total. The molecule has 0 aliphatic rings. The van der Waals surface area contributed by atoms with Crippen LogP contribution in [0.4, 0.5) is 0 Å². The molecule has 2 heteroatoms. The lowest BCUT2D eigenvalue weighted by atomic mass is 10.1. The summed E-state index contributed by atoms with van der Waals surface area (Å²) in [6, 6.07) is 4.17. The monoisotopic (exact) mass is 228 g/mol. The number of methoxy groups -OCH3 is 1. The zero-order valence-corrected chi connectivity index (χ0v) is 9.23. The molecule has 1 aromatic rings. The minimum absolute atomic E-state index is 1.00. The van der Waals surface area contributed by atoms with Gasteiger partial charge in [-0.1, -0.05) is 22.9 Å². The Hall–Kier alpha value is -0.500. The Morgan fingerprint density at radius 3 is 2.58 bits per heavy atom. The summed E-state index contributed by atoms with van der Waals surface area (Å²) in [6.07, 6.45) is 1.00. The maximum absolute atomic E-state index is 5.30. The first-order chi connectivity index (χ1) is 5.69. The van der Waals surface area contributed by atoms with Gasteiger partial charge >= 0.3 is 0 Å². The molecule has 66 valence electrons. The largest absolute Gasteiger partial charge is 0.496 e. The molecule has 0 unspecified atom stereocenters. The van der Waals surface area contributed by atoms with Gasteiger partial charge in [-0.25, -0.2) is 0 Å². The maximum atomic E-state index is 5.30. The molecule has 0 bridgehead atoms. The van der Waals surface area contributed by atoms with Crippen LogP contribution in [0.25, 0.3) is 0 Å². The van der Waals surface area contributed by atoms with Crippen molar-refractivity contribution in [2.24, 2.45) is 0 Å². The van der Waals surface area contributed by atoms with Crippen molar-refractivity contribution in [2.45, 2.75) is 20.3 Å². The molecule has 0 aromatic heterocycles. The number of hydrogen-bond acceptors (Lipinski definition) is 1. The second-order valence-electron chi connectivity index (χ2n) is 2.77. The first-order valence-electron chi connectivity index (χ1n) is 4.02. The van der Waals surface area contributed by atoms with E-state index < -0.39 is 0 Å². The summed E-state index contributed by atoms with van der Waals surface area (Å²) in [5.74, 6) is 1.01. The molecule has 0 saturated heterocycles. The van der Waals surface area contributed by atoms with E-state index >= 15 is 0 Å². The summed E-state index contributed by atoms with van der Waals surface area (Å²) < 4.78 is 6.42. The van der Waals surface area contributed by atoms with Gasteiger partial charge in [0, 0.05) is 4.47 Å². The van der Waals surface area contributed by atoms with Gasteiger partial charge in [-0.2, -0.15) is 0 Å². The fraction of sp³-hybridized carbons (Fsp3) is 0.400. The number of hydrogen-bond donors (Lipinski definition) is 0. The molecule has 0 spiro atoms. The van der Waals surface area contributed by atoms with Crippen molar-refractivity contribution in [3.05, 3.63) is 27.7 Å². The minimum atomic E-state index is 1.00. The first kappa shape index (κ1) is 9.59. The molecule has 0 aliphatic heterocycles. The van der Waals surface area contributed by atoms with Crippen molar-refractivity contribution in [2.75, 3.05) is 7.11 Å². The summed E-state index contributed by atoms with van der Waals surface area (Å²) >= 11 is 3.46. The predicted octanol–water partition coefficient (Wildman–Crippen LogP) is 3.33. The lowest BCUT2D eigenvalue weighted by Gasteiger charge is -2.10. The Kier molecular flexibility index (Phi) is 3.15. The van der Waals surface area contributed by atoms with Crippen LogP contribution in [0.5, 0.6) is 5.75 Å². The second-order valence-corrected chi connectivity index (χ2v) is 3.68. The lowest BCUT2D eigenvalue weighted by Crippen LogP contribution is -1.93. The average Bonchev–Trinajstić information content (AvgIpc) is 2.03. The van der Waals surface area contributed by atoms with Crippen LogP contribution in [0, 0.1) is 6.92 Å². The summed E-state index contributed by atoms with van der Waals surface area (Å²) in [5, 5.41) is 0. The molecule has 0 aliphatic carbocycles. The normalized spacial score (nSPS) is 10.0. The van der Waals surface area contributed by atoms with E-state index in [0.29, 0.717) is 0 Å². The summed E-state index contributed by atoms with van der Waals surface area (Å²) in [6.45, 7) is 4.19. The Morgan fingerprint density at radius 1 is 1.42 bits per heavy atom. The highest BCUT2D eigenvalue weighted by atomic mass is 79.9. The Bertz CT molecular complexity index is 281. The first-order valence-corrected chi connectivity index (χ1v) is 4.81. The topological polar surface area (TPSA) is 9.23 Å². The van der Waals surface area contributed by atoms with Gasteiger partial charge in [0.15, 0.2) is 0 Å². The van der Waals surface area contributed by atoms with Gasteiger partial charge < -0.3 is 4.74 Å². The van der Waals surface area contributed by atoms with Crippen LogP contribution in [-0.2, 0) is 6.42 Å². The van der Waals surface area contributed by atoms with E-state index in [1.807, 2.05) is 0 Å². The zero-order chi connectivity index (χ0) is 9.14. The molecule has 0 amide bonds. The number of halogens is 1. The van der Waals surface area contributed by atoms with Crippen LogP contribution >= 0.6 is 15.9 Å². The molecule has 0 radical (unpaired) electrons. The second kappa shape index (κ2) is 3.94. The summed E-state index contributed by atoms with van der Waals surface area (Å²) in [5.41, 5.74) is 2.44. The SMILES string of the molecule is CCc1cc(Br)cc(C)c1OC. The maximum Gasteiger partial charge on any atom is 0.125 e. The molecule has 0 heterocycles. The van der Waals surface area contributed by atoms with Gasteiger partial charge in [0.25, 0.3) is 0 Å². The standard InChI is InChI=1S/C10H13BrO/c1-4-8-6-9(11)5-7(2)10(8)12-3/h5-6H,4H2,1-3H3. The fourth-order valence-corrected chi connectivity index (χ4v) is 1.97. The summed E-state index contributed by atoms with van der Waals surface area (Å²) in [7, 11) is 1.72. The highest BCUT2D eigenvalue weighted by molar-refractivity contribution is 9.10. The van der Waals surface area contributed by atoms with E-state index in [1.54, 1.807) is 7.11 Å². The number of benzene rings is 1. The molecule has 1 rings (SSSR count). The highest BCUT2D eigenvalue weighted by Crippen LogP contribution is 2.27. The molecule has 0 fully saturated rings.